The molecule has 0 unspecified atom stereocenters. The zero-order chi connectivity index (χ0) is 14.9. The van der Waals surface area contributed by atoms with Crippen LogP contribution in [0.4, 0.5) is 10.2 Å². The van der Waals surface area contributed by atoms with Crippen molar-refractivity contribution in [2.75, 3.05) is 5.32 Å². The van der Waals surface area contributed by atoms with Crippen LogP contribution < -0.4 is 5.32 Å². The van der Waals surface area contributed by atoms with E-state index in [0.29, 0.717) is 10.7 Å². The number of nitrogens with zero attached hydrogens (tertiary/aromatic N) is 1. The van der Waals surface area contributed by atoms with Gasteiger partial charge >= 0.3 is 0 Å². The third kappa shape index (κ3) is 3.08. The van der Waals surface area contributed by atoms with Gasteiger partial charge in [0.15, 0.2) is 5.82 Å². The maximum absolute atomic E-state index is 13.7. The van der Waals surface area contributed by atoms with Gasteiger partial charge in [-0.15, -0.1) is 0 Å². The fourth-order valence-corrected chi connectivity index (χ4v) is 2.03. The van der Waals surface area contributed by atoms with E-state index in [-0.39, 0.29) is 16.4 Å². The van der Waals surface area contributed by atoms with E-state index in [4.69, 9.17) is 23.2 Å². The molecule has 1 aromatic carbocycles. The molecule has 0 saturated heterocycles. The van der Waals surface area contributed by atoms with E-state index in [1.807, 2.05) is 0 Å². The average molecular weight is 313 g/mol. The number of hydrogen-bond donors (Lipinski definition) is 1. The molecule has 0 radical (unpaired) electrons. The number of carbonyl (C=O) groups is 1. The van der Waals surface area contributed by atoms with Gasteiger partial charge in [0.05, 0.1) is 21.3 Å². The Kier molecular flexibility index (Phi) is 4.26. The summed E-state index contributed by atoms with van der Waals surface area (Å²) < 4.78 is 13.7. The van der Waals surface area contributed by atoms with Crippen LogP contribution in [0.2, 0.25) is 10.0 Å². The first kappa shape index (κ1) is 14.8. The number of pyridine rings is 1. The molecule has 0 saturated carbocycles. The molecule has 104 valence electrons. The van der Waals surface area contributed by atoms with Crippen molar-refractivity contribution in [3.05, 3.63) is 56.9 Å². The van der Waals surface area contributed by atoms with Crippen LogP contribution in [0.3, 0.4) is 0 Å². The molecule has 0 aliphatic rings. The summed E-state index contributed by atoms with van der Waals surface area (Å²) >= 11 is 11.8. The number of anilines is 1. The summed E-state index contributed by atoms with van der Waals surface area (Å²) in [5, 5.41) is 3.07. The van der Waals surface area contributed by atoms with Gasteiger partial charge in [-0.3, -0.25) is 4.79 Å². The first-order chi connectivity index (χ1) is 9.38. The second-order valence-corrected chi connectivity index (χ2v) is 5.14. The number of aromatic nitrogens is 1. The van der Waals surface area contributed by atoms with E-state index in [2.05, 4.69) is 10.3 Å². The SMILES string of the molecule is Cc1ccc(C(=O)Nc2nc(C)c(Cl)cc2Cl)c(F)c1. The minimum atomic E-state index is -0.612. The number of rotatable bonds is 2. The van der Waals surface area contributed by atoms with Gasteiger partial charge in [-0.1, -0.05) is 29.3 Å². The topological polar surface area (TPSA) is 42.0 Å². The van der Waals surface area contributed by atoms with Crippen molar-refractivity contribution in [2.45, 2.75) is 13.8 Å². The Bertz CT molecular complexity index is 689. The maximum atomic E-state index is 13.7. The standard InChI is InChI=1S/C14H11Cl2FN2O/c1-7-3-4-9(12(17)5-7)14(20)19-13-11(16)6-10(15)8(2)18-13/h3-6H,1-2H3,(H,18,19,20). The van der Waals surface area contributed by atoms with E-state index >= 15 is 0 Å². The molecule has 1 N–H and O–H groups in total. The molecule has 20 heavy (non-hydrogen) atoms. The highest BCUT2D eigenvalue weighted by atomic mass is 35.5. The molecule has 0 aliphatic heterocycles. The molecule has 0 atom stereocenters. The molecule has 1 heterocycles. The number of benzene rings is 1. The molecule has 3 nitrogen and oxygen atoms in total. The highest BCUT2D eigenvalue weighted by molar-refractivity contribution is 6.36. The van der Waals surface area contributed by atoms with Gasteiger partial charge in [-0.2, -0.15) is 0 Å². The fourth-order valence-electron chi connectivity index (χ4n) is 1.63. The van der Waals surface area contributed by atoms with E-state index in [0.717, 1.165) is 5.56 Å². The van der Waals surface area contributed by atoms with Crippen LogP contribution in [-0.2, 0) is 0 Å². The van der Waals surface area contributed by atoms with Crippen molar-refractivity contribution in [2.24, 2.45) is 0 Å². The van der Waals surface area contributed by atoms with Crippen LogP contribution in [0.25, 0.3) is 0 Å². The van der Waals surface area contributed by atoms with Crippen molar-refractivity contribution in [3.8, 4) is 0 Å². The van der Waals surface area contributed by atoms with Crippen molar-refractivity contribution >= 4 is 34.9 Å². The third-order valence-electron chi connectivity index (χ3n) is 2.71. The van der Waals surface area contributed by atoms with Crippen LogP contribution in [0, 0.1) is 19.7 Å². The largest absolute Gasteiger partial charge is 0.305 e. The average Bonchev–Trinajstić information content (AvgIpc) is 2.35. The summed E-state index contributed by atoms with van der Waals surface area (Å²) in [6, 6.07) is 5.83. The number of halogens is 3. The Balaban J connectivity index is 2.30. The normalized spacial score (nSPS) is 10.4. The summed E-state index contributed by atoms with van der Waals surface area (Å²) in [7, 11) is 0. The van der Waals surface area contributed by atoms with Crippen molar-refractivity contribution in [3.63, 3.8) is 0 Å². The van der Waals surface area contributed by atoms with Crippen LogP contribution in [0.5, 0.6) is 0 Å². The lowest BCUT2D eigenvalue weighted by Gasteiger charge is -2.09. The summed E-state index contributed by atoms with van der Waals surface area (Å²) in [6.07, 6.45) is 0. The molecule has 0 fully saturated rings. The van der Waals surface area contributed by atoms with Crippen molar-refractivity contribution in [1.82, 2.24) is 4.98 Å². The number of amides is 1. The summed E-state index contributed by atoms with van der Waals surface area (Å²) in [4.78, 5) is 16.1. The van der Waals surface area contributed by atoms with Crippen LogP contribution in [0.15, 0.2) is 24.3 Å². The number of aryl methyl sites for hydroxylation is 2. The second kappa shape index (κ2) is 5.77. The van der Waals surface area contributed by atoms with Gasteiger partial charge in [0.2, 0.25) is 0 Å². The van der Waals surface area contributed by atoms with Crippen LogP contribution >= 0.6 is 23.2 Å². The van der Waals surface area contributed by atoms with Gasteiger partial charge in [0, 0.05) is 0 Å². The smallest absolute Gasteiger partial charge is 0.259 e. The molecule has 1 amide bonds. The highest BCUT2D eigenvalue weighted by Crippen LogP contribution is 2.26. The van der Waals surface area contributed by atoms with Crippen LogP contribution in [-0.4, -0.2) is 10.9 Å². The quantitative estimate of drug-likeness (QED) is 0.893. The second-order valence-electron chi connectivity index (χ2n) is 4.32. The molecule has 0 spiro atoms. The Morgan fingerprint density at radius 3 is 2.55 bits per heavy atom. The van der Waals surface area contributed by atoms with Crippen molar-refractivity contribution < 1.29 is 9.18 Å². The fraction of sp³-hybridized carbons (Fsp3) is 0.143. The third-order valence-corrected chi connectivity index (χ3v) is 3.38. The van der Waals surface area contributed by atoms with E-state index < -0.39 is 11.7 Å². The van der Waals surface area contributed by atoms with Gasteiger partial charge < -0.3 is 5.32 Å². The Hall–Kier alpha value is -1.65. The lowest BCUT2D eigenvalue weighted by Crippen LogP contribution is -2.15. The zero-order valence-corrected chi connectivity index (χ0v) is 12.3. The summed E-state index contributed by atoms with van der Waals surface area (Å²) in [6.45, 7) is 3.42. The predicted molar refractivity (Wildman–Crippen MR) is 78.1 cm³/mol. The van der Waals surface area contributed by atoms with Gasteiger partial charge in [0.25, 0.3) is 5.91 Å². The minimum absolute atomic E-state index is 0.0685. The Morgan fingerprint density at radius 1 is 1.20 bits per heavy atom. The van der Waals surface area contributed by atoms with E-state index in [9.17, 15) is 9.18 Å². The van der Waals surface area contributed by atoms with E-state index in [1.165, 1.54) is 18.2 Å². The molecular weight excluding hydrogens is 302 g/mol. The molecule has 2 rings (SSSR count). The first-order valence-electron chi connectivity index (χ1n) is 5.78. The minimum Gasteiger partial charge on any atom is -0.305 e. The Morgan fingerprint density at radius 2 is 1.90 bits per heavy atom. The maximum Gasteiger partial charge on any atom is 0.259 e. The molecule has 6 heteroatoms. The highest BCUT2D eigenvalue weighted by Gasteiger charge is 2.15. The number of nitrogens with one attached hydrogen (secondary N) is 1. The molecule has 0 bridgehead atoms. The van der Waals surface area contributed by atoms with Gasteiger partial charge in [-0.25, -0.2) is 9.37 Å². The van der Waals surface area contributed by atoms with Gasteiger partial charge in [0.1, 0.15) is 5.82 Å². The number of carbonyl (C=O) groups excluding carboxylic acids is 1. The monoisotopic (exact) mass is 312 g/mol. The molecule has 0 aliphatic carbocycles. The lowest BCUT2D eigenvalue weighted by molar-refractivity contribution is 0.102. The summed E-state index contributed by atoms with van der Waals surface area (Å²) in [5.74, 6) is -1.05. The Labute approximate surface area is 125 Å². The molecular formula is C14H11Cl2FN2O. The first-order valence-corrected chi connectivity index (χ1v) is 6.54. The van der Waals surface area contributed by atoms with Crippen LogP contribution in [0.1, 0.15) is 21.6 Å². The number of hydrogen-bond acceptors (Lipinski definition) is 2. The van der Waals surface area contributed by atoms with Gasteiger partial charge in [-0.05, 0) is 37.6 Å². The zero-order valence-electron chi connectivity index (χ0n) is 10.8. The van der Waals surface area contributed by atoms with Crippen molar-refractivity contribution in [1.29, 1.82) is 0 Å². The molecule has 2 aromatic rings. The lowest BCUT2D eigenvalue weighted by atomic mass is 10.1. The summed E-state index contributed by atoms with van der Waals surface area (Å²) in [5.41, 5.74) is 1.19. The molecule has 1 aromatic heterocycles. The van der Waals surface area contributed by atoms with E-state index in [1.54, 1.807) is 19.9 Å². The predicted octanol–water partition coefficient (Wildman–Crippen LogP) is 4.40.